The molecule has 138 valence electrons. The second-order valence-corrected chi connectivity index (χ2v) is 6.39. The number of hydrogen-bond donors (Lipinski definition) is 2. The van der Waals surface area contributed by atoms with Crippen LogP contribution in [0.1, 0.15) is 50.3 Å². The van der Waals surface area contributed by atoms with Gasteiger partial charge in [0.2, 0.25) is 5.91 Å². The minimum absolute atomic E-state index is 0.123. The van der Waals surface area contributed by atoms with E-state index in [1.165, 1.54) is 18.2 Å². The molecule has 2 N–H and O–H groups in total. The Morgan fingerprint density at radius 1 is 1.19 bits per heavy atom. The predicted octanol–water partition coefficient (Wildman–Crippen LogP) is 0.328. The first kappa shape index (κ1) is 18.1. The molecule has 1 saturated carbocycles. The molecule has 0 unspecified atom stereocenters. The largest absolute Gasteiger partial charge is 0.385 e. The Kier molecular flexibility index (Phi) is 5.32. The molecule has 2 aliphatic rings. The van der Waals surface area contributed by atoms with Gasteiger partial charge in [-0.3, -0.25) is 24.1 Å². The molecule has 26 heavy (non-hydrogen) atoms. The highest BCUT2D eigenvalue weighted by molar-refractivity contribution is 6.22. The monoisotopic (exact) mass is 359 g/mol. The van der Waals surface area contributed by atoms with Crippen molar-refractivity contribution in [2.45, 2.75) is 25.3 Å². The first-order valence-electron chi connectivity index (χ1n) is 8.58. The van der Waals surface area contributed by atoms with Gasteiger partial charge >= 0.3 is 0 Å². The van der Waals surface area contributed by atoms with E-state index in [0.29, 0.717) is 13.0 Å². The number of nitrogens with one attached hydrogen (secondary N) is 2. The van der Waals surface area contributed by atoms with E-state index < -0.39 is 11.8 Å². The maximum atomic E-state index is 12.4. The standard InChI is InChI=1S/C18H21N3O5/c1-26-8-2-7-21-17(24)13-6-3-11(9-14(13)18(21)25)16(23)19-10-15(22)20-12-4-5-12/h3,6,9,12H,2,4-5,7-8,10H2,1H3,(H,19,23)(H,20,22). The van der Waals surface area contributed by atoms with E-state index in [9.17, 15) is 19.2 Å². The molecule has 1 aromatic rings. The highest BCUT2D eigenvalue weighted by atomic mass is 16.5. The smallest absolute Gasteiger partial charge is 0.261 e. The van der Waals surface area contributed by atoms with E-state index in [2.05, 4.69) is 10.6 Å². The third-order valence-electron chi connectivity index (χ3n) is 4.32. The molecule has 0 saturated heterocycles. The first-order chi connectivity index (χ1) is 12.5. The summed E-state index contributed by atoms with van der Waals surface area (Å²) in [6.45, 7) is 0.593. The molecule has 1 aliphatic carbocycles. The fourth-order valence-corrected chi connectivity index (χ4v) is 2.77. The van der Waals surface area contributed by atoms with Crippen LogP contribution in [-0.2, 0) is 9.53 Å². The Bertz CT molecular complexity index is 757. The van der Waals surface area contributed by atoms with Gasteiger partial charge in [-0.2, -0.15) is 0 Å². The SMILES string of the molecule is COCCCN1C(=O)c2ccc(C(=O)NCC(=O)NC3CC3)cc2C1=O. The normalized spacial score (nSPS) is 15.8. The molecule has 0 radical (unpaired) electrons. The van der Waals surface area contributed by atoms with Crippen molar-refractivity contribution in [1.82, 2.24) is 15.5 Å². The van der Waals surface area contributed by atoms with E-state index in [0.717, 1.165) is 17.7 Å². The van der Waals surface area contributed by atoms with Gasteiger partial charge in [0.15, 0.2) is 0 Å². The van der Waals surface area contributed by atoms with Crippen LogP contribution in [0, 0.1) is 0 Å². The van der Waals surface area contributed by atoms with Crippen LogP contribution in [0.15, 0.2) is 18.2 Å². The molecule has 1 fully saturated rings. The Hall–Kier alpha value is -2.74. The van der Waals surface area contributed by atoms with Crippen molar-refractivity contribution < 1.29 is 23.9 Å². The summed E-state index contributed by atoms with van der Waals surface area (Å²) in [6.07, 6.45) is 2.49. The van der Waals surface area contributed by atoms with Gasteiger partial charge in [-0.15, -0.1) is 0 Å². The number of nitrogens with zero attached hydrogens (tertiary/aromatic N) is 1. The molecule has 0 atom stereocenters. The van der Waals surface area contributed by atoms with Crippen LogP contribution >= 0.6 is 0 Å². The van der Waals surface area contributed by atoms with Gasteiger partial charge in [-0.25, -0.2) is 0 Å². The average molecular weight is 359 g/mol. The van der Waals surface area contributed by atoms with Gasteiger partial charge in [0.05, 0.1) is 17.7 Å². The van der Waals surface area contributed by atoms with Crippen molar-refractivity contribution in [1.29, 1.82) is 0 Å². The summed E-state index contributed by atoms with van der Waals surface area (Å²) >= 11 is 0. The lowest BCUT2D eigenvalue weighted by atomic mass is 10.1. The van der Waals surface area contributed by atoms with Crippen LogP contribution in [0.3, 0.4) is 0 Å². The summed E-state index contributed by atoms with van der Waals surface area (Å²) in [5.41, 5.74) is 0.737. The minimum atomic E-state index is -0.461. The van der Waals surface area contributed by atoms with Crippen molar-refractivity contribution in [3.63, 3.8) is 0 Å². The number of carbonyl (C=O) groups excluding carboxylic acids is 4. The third kappa shape index (κ3) is 3.91. The highest BCUT2D eigenvalue weighted by Crippen LogP contribution is 2.24. The predicted molar refractivity (Wildman–Crippen MR) is 91.8 cm³/mol. The van der Waals surface area contributed by atoms with Gasteiger partial charge in [0, 0.05) is 31.9 Å². The number of hydrogen-bond acceptors (Lipinski definition) is 5. The fraction of sp³-hybridized carbons (Fsp3) is 0.444. The minimum Gasteiger partial charge on any atom is -0.385 e. The lowest BCUT2D eigenvalue weighted by Crippen LogP contribution is -2.37. The zero-order chi connectivity index (χ0) is 18.7. The van der Waals surface area contributed by atoms with E-state index in [1.807, 2.05) is 0 Å². The van der Waals surface area contributed by atoms with Gasteiger partial charge in [0.1, 0.15) is 0 Å². The van der Waals surface area contributed by atoms with Crippen LogP contribution in [0.2, 0.25) is 0 Å². The Balaban J connectivity index is 1.63. The molecule has 1 aromatic carbocycles. The molecule has 0 spiro atoms. The maximum absolute atomic E-state index is 12.4. The van der Waals surface area contributed by atoms with Crippen LogP contribution in [0.25, 0.3) is 0 Å². The van der Waals surface area contributed by atoms with Gasteiger partial charge < -0.3 is 15.4 Å². The maximum Gasteiger partial charge on any atom is 0.261 e. The van der Waals surface area contributed by atoms with E-state index in [-0.39, 0.29) is 47.6 Å². The summed E-state index contributed by atoms with van der Waals surface area (Å²) in [5, 5.41) is 5.30. The number of benzene rings is 1. The molecule has 1 aliphatic heterocycles. The fourth-order valence-electron chi connectivity index (χ4n) is 2.77. The first-order valence-corrected chi connectivity index (χ1v) is 8.58. The van der Waals surface area contributed by atoms with Crippen LogP contribution in [-0.4, -0.2) is 61.4 Å². The molecule has 0 bridgehead atoms. The average Bonchev–Trinajstić information content (AvgIpc) is 3.42. The summed E-state index contributed by atoms with van der Waals surface area (Å²) in [6, 6.07) is 4.59. The number of ether oxygens (including phenoxy) is 1. The lowest BCUT2D eigenvalue weighted by Gasteiger charge is -2.12. The zero-order valence-corrected chi connectivity index (χ0v) is 14.5. The number of fused-ring (bicyclic) bond motifs is 1. The molecule has 3 rings (SSSR count). The van der Waals surface area contributed by atoms with Crippen LogP contribution in [0.5, 0.6) is 0 Å². The molecule has 8 nitrogen and oxygen atoms in total. The molecule has 1 heterocycles. The number of methoxy groups -OCH3 is 1. The van der Waals surface area contributed by atoms with E-state index >= 15 is 0 Å². The summed E-state index contributed by atoms with van der Waals surface area (Å²) in [4.78, 5) is 49.8. The Morgan fingerprint density at radius 2 is 1.92 bits per heavy atom. The molecular weight excluding hydrogens is 338 g/mol. The van der Waals surface area contributed by atoms with Crippen molar-refractivity contribution in [3.05, 3.63) is 34.9 Å². The van der Waals surface area contributed by atoms with Crippen molar-refractivity contribution >= 4 is 23.6 Å². The lowest BCUT2D eigenvalue weighted by molar-refractivity contribution is -0.120. The van der Waals surface area contributed by atoms with Gasteiger partial charge in [-0.1, -0.05) is 0 Å². The Morgan fingerprint density at radius 3 is 2.62 bits per heavy atom. The van der Waals surface area contributed by atoms with Crippen LogP contribution in [0.4, 0.5) is 0 Å². The quantitative estimate of drug-likeness (QED) is 0.514. The number of carbonyl (C=O) groups is 4. The summed E-state index contributed by atoms with van der Waals surface area (Å²) < 4.78 is 4.94. The van der Waals surface area contributed by atoms with E-state index in [4.69, 9.17) is 4.74 Å². The number of rotatable bonds is 8. The topological polar surface area (TPSA) is 105 Å². The summed E-state index contributed by atoms with van der Waals surface area (Å²) in [7, 11) is 1.55. The second kappa shape index (κ2) is 7.65. The van der Waals surface area contributed by atoms with Crippen molar-refractivity contribution in [2.75, 3.05) is 26.8 Å². The molecular formula is C18H21N3O5. The number of imide groups is 1. The number of amides is 4. The second-order valence-electron chi connectivity index (χ2n) is 6.39. The molecule has 8 heteroatoms. The van der Waals surface area contributed by atoms with Crippen molar-refractivity contribution in [3.8, 4) is 0 Å². The van der Waals surface area contributed by atoms with Crippen LogP contribution < -0.4 is 10.6 Å². The highest BCUT2D eigenvalue weighted by Gasteiger charge is 2.35. The van der Waals surface area contributed by atoms with E-state index in [1.54, 1.807) is 7.11 Å². The molecule has 0 aromatic heterocycles. The summed E-state index contributed by atoms with van der Waals surface area (Å²) in [5.74, 6) is -1.48. The zero-order valence-electron chi connectivity index (χ0n) is 14.5. The Labute approximate surface area is 150 Å². The van der Waals surface area contributed by atoms with Gasteiger partial charge in [0.25, 0.3) is 17.7 Å². The molecule has 4 amide bonds. The third-order valence-corrected chi connectivity index (χ3v) is 4.32. The van der Waals surface area contributed by atoms with Crippen molar-refractivity contribution in [2.24, 2.45) is 0 Å². The van der Waals surface area contributed by atoms with Gasteiger partial charge in [-0.05, 0) is 37.5 Å².